The van der Waals surface area contributed by atoms with E-state index in [1.807, 2.05) is 24.3 Å². The summed E-state index contributed by atoms with van der Waals surface area (Å²) in [5.41, 5.74) is 0.575. The van der Waals surface area contributed by atoms with Gasteiger partial charge in [-0.15, -0.1) is 0 Å². The summed E-state index contributed by atoms with van der Waals surface area (Å²) in [5.74, 6) is 0.723. The number of aromatic nitrogens is 1. The van der Waals surface area contributed by atoms with E-state index >= 15 is 0 Å². The highest BCUT2D eigenvalue weighted by molar-refractivity contribution is 7.89. The minimum absolute atomic E-state index is 0.0334. The number of amides is 1. The highest BCUT2D eigenvalue weighted by Crippen LogP contribution is 2.15. The number of pyridine rings is 1. The summed E-state index contributed by atoms with van der Waals surface area (Å²) in [6.07, 6.45) is 2.13. The molecule has 1 aromatic carbocycles. The SMILES string of the molecule is O=C(NCCCS(=O)(=O)N1CCN(c2ccccn2)CC1)c1ccccc1. The molecule has 2 heterocycles. The van der Waals surface area contributed by atoms with Crippen LogP contribution < -0.4 is 10.2 Å². The number of piperazine rings is 1. The van der Waals surface area contributed by atoms with Gasteiger partial charge >= 0.3 is 0 Å². The van der Waals surface area contributed by atoms with Crippen LogP contribution in [0.25, 0.3) is 0 Å². The predicted molar refractivity (Wildman–Crippen MR) is 105 cm³/mol. The molecule has 0 unspecified atom stereocenters. The fourth-order valence-electron chi connectivity index (χ4n) is 3.01. The van der Waals surface area contributed by atoms with Gasteiger partial charge in [0.1, 0.15) is 5.82 Å². The number of rotatable bonds is 7. The number of sulfonamides is 1. The van der Waals surface area contributed by atoms with E-state index in [1.165, 1.54) is 4.31 Å². The zero-order chi connectivity index (χ0) is 19.1. The molecule has 7 nitrogen and oxygen atoms in total. The lowest BCUT2D eigenvalue weighted by Crippen LogP contribution is -2.49. The van der Waals surface area contributed by atoms with Crippen molar-refractivity contribution in [2.24, 2.45) is 0 Å². The molecule has 1 aromatic heterocycles. The number of carbonyl (C=O) groups is 1. The number of benzene rings is 1. The van der Waals surface area contributed by atoms with Crippen LogP contribution in [0.1, 0.15) is 16.8 Å². The maximum atomic E-state index is 12.5. The minimum Gasteiger partial charge on any atom is -0.354 e. The zero-order valence-electron chi connectivity index (χ0n) is 15.1. The molecule has 0 aliphatic carbocycles. The standard InChI is InChI=1S/C19H24N4O3S/c24-19(17-7-2-1-3-8-17)21-11-6-16-27(25,26)23-14-12-22(13-15-23)18-9-4-5-10-20-18/h1-5,7-10H,6,11-16H2,(H,21,24). The van der Waals surface area contributed by atoms with Crippen molar-refractivity contribution in [2.75, 3.05) is 43.4 Å². The lowest BCUT2D eigenvalue weighted by molar-refractivity contribution is 0.0953. The van der Waals surface area contributed by atoms with Crippen molar-refractivity contribution in [3.63, 3.8) is 0 Å². The number of hydrogen-bond acceptors (Lipinski definition) is 5. The van der Waals surface area contributed by atoms with Crippen LogP contribution >= 0.6 is 0 Å². The molecule has 1 aliphatic rings. The molecule has 0 bridgehead atoms. The fraction of sp³-hybridized carbons (Fsp3) is 0.368. The van der Waals surface area contributed by atoms with Crippen molar-refractivity contribution >= 4 is 21.7 Å². The van der Waals surface area contributed by atoms with Gasteiger partial charge in [-0.05, 0) is 30.7 Å². The second-order valence-electron chi connectivity index (χ2n) is 6.37. The van der Waals surface area contributed by atoms with Crippen LogP contribution in [-0.2, 0) is 10.0 Å². The summed E-state index contributed by atoms with van der Waals surface area (Å²) in [7, 11) is -3.32. The molecule has 1 amide bonds. The minimum atomic E-state index is -3.32. The molecule has 1 aliphatic heterocycles. The summed E-state index contributed by atoms with van der Waals surface area (Å²) < 4.78 is 26.6. The van der Waals surface area contributed by atoms with Gasteiger partial charge in [0, 0.05) is 44.5 Å². The Morgan fingerprint density at radius 3 is 2.37 bits per heavy atom. The molecule has 1 fully saturated rings. The zero-order valence-corrected chi connectivity index (χ0v) is 15.9. The van der Waals surface area contributed by atoms with Crippen LogP contribution in [0.5, 0.6) is 0 Å². The highest BCUT2D eigenvalue weighted by atomic mass is 32.2. The van der Waals surface area contributed by atoms with Gasteiger partial charge in [-0.1, -0.05) is 24.3 Å². The van der Waals surface area contributed by atoms with Gasteiger partial charge in [-0.25, -0.2) is 13.4 Å². The Hall–Kier alpha value is -2.45. The third-order valence-corrected chi connectivity index (χ3v) is 6.46. The van der Waals surface area contributed by atoms with E-state index in [-0.39, 0.29) is 11.7 Å². The average molecular weight is 388 g/mol. The molecule has 0 atom stereocenters. The average Bonchev–Trinajstić information content (AvgIpc) is 2.72. The predicted octanol–water partition coefficient (Wildman–Crippen LogP) is 1.35. The van der Waals surface area contributed by atoms with E-state index < -0.39 is 10.0 Å². The molecule has 3 rings (SSSR count). The highest BCUT2D eigenvalue weighted by Gasteiger charge is 2.26. The van der Waals surface area contributed by atoms with Crippen LogP contribution in [0, 0.1) is 0 Å². The summed E-state index contributed by atoms with van der Waals surface area (Å²) in [5, 5.41) is 2.76. The van der Waals surface area contributed by atoms with Gasteiger partial charge in [-0.3, -0.25) is 4.79 Å². The summed E-state index contributed by atoms with van der Waals surface area (Å²) >= 11 is 0. The van der Waals surface area contributed by atoms with Crippen LogP contribution in [0.2, 0.25) is 0 Å². The lowest BCUT2D eigenvalue weighted by Gasteiger charge is -2.34. The second kappa shape index (κ2) is 8.96. The number of nitrogens with one attached hydrogen (secondary N) is 1. The number of hydrogen-bond donors (Lipinski definition) is 1. The molecular formula is C19H24N4O3S. The molecule has 2 aromatic rings. The molecule has 1 N–H and O–H groups in total. The van der Waals surface area contributed by atoms with Crippen LogP contribution in [-0.4, -0.2) is 62.1 Å². The van der Waals surface area contributed by atoms with E-state index in [1.54, 1.807) is 30.5 Å². The topological polar surface area (TPSA) is 82.6 Å². The molecular weight excluding hydrogens is 364 g/mol. The third kappa shape index (κ3) is 5.27. The first-order valence-corrected chi connectivity index (χ1v) is 10.6. The van der Waals surface area contributed by atoms with Crippen LogP contribution in [0.15, 0.2) is 54.7 Å². The monoisotopic (exact) mass is 388 g/mol. The van der Waals surface area contributed by atoms with Gasteiger partial charge in [0.15, 0.2) is 0 Å². The van der Waals surface area contributed by atoms with Gasteiger partial charge in [-0.2, -0.15) is 4.31 Å². The van der Waals surface area contributed by atoms with Gasteiger partial charge in [0.05, 0.1) is 5.75 Å². The Balaban J connectivity index is 1.42. The second-order valence-corrected chi connectivity index (χ2v) is 8.45. The maximum Gasteiger partial charge on any atom is 0.251 e. The van der Waals surface area contributed by atoms with Crippen molar-refractivity contribution < 1.29 is 13.2 Å². The smallest absolute Gasteiger partial charge is 0.251 e. The Bertz CT molecular complexity index is 836. The third-order valence-electron chi connectivity index (χ3n) is 4.51. The molecule has 0 spiro atoms. The Morgan fingerprint density at radius 2 is 1.70 bits per heavy atom. The van der Waals surface area contributed by atoms with Crippen molar-refractivity contribution in [3.05, 3.63) is 60.3 Å². The summed E-state index contributed by atoms with van der Waals surface area (Å²) in [6.45, 7) is 2.49. The Morgan fingerprint density at radius 1 is 1.00 bits per heavy atom. The summed E-state index contributed by atoms with van der Waals surface area (Å²) in [6, 6.07) is 14.6. The fourth-order valence-corrected chi connectivity index (χ4v) is 4.50. The van der Waals surface area contributed by atoms with Crippen LogP contribution in [0.4, 0.5) is 5.82 Å². The Labute approximate surface area is 160 Å². The first kappa shape index (κ1) is 19.3. The quantitative estimate of drug-likeness (QED) is 0.724. The number of carbonyl (C=O) groups excluding carboxylic acids is 1. The lowest BCUT2D eigenvalue weighted by atomic mass is 10.2. The molecule has 1 saturated heterocycles. The van der Waals surface area contributed by atoms with Crippen molar-refractivity contribution in [1.82, 2.24) is 14.6 Å². The van der Waals surface area contributed by atoms with Gasteiger partial charge in [0.25, 0.3) is 5.91 Å². The van der Waals surface area contributed by atoms with Crippen LogP contribution in [0.3, 0.4) is 0 Å². The number of anilines is 1. The first-order valence-electron chi connectivity index (χ1n) is 9.03. The van der Waals surface area contributed by atoms with E-state index in [0.717, 1.165) is 5.82 Å². The molecule has 0 radical (unpaired) electrons. The normalized spacial score (nSPS) is 15.5. The molecule has 0 saturated carbocycles. The van der Waals surface area contributed by atoms with E-state index in [2.05, 4.69) is 15.2 Å². The molecule has 8 heteroatoms. The van der Waals surface area contributed by atoms with Crippen molar-refractivity contribution in [1.29, 1.82) is 0 Å². The van der Waals surface area contributed by atoms with E-state index in [4.69, 9.17) is 0 Å². The first-order chi connectivity index (χ1) is 13.1. The van der Waals surface area contributed by atoms with E-state index in [0.29, 0.717) is 44.7 Å². The van der Waals surface area contributed by atoms with Gasteiger partial charge in [0.2, 0.25) is 10.0 Å². The number of nitrogens with zero attached hydrogens (tertiary/aromatic N) is 3. The van der Waals surface area contributed by atoms with Crippen molar-refractivity contribution in [3.8, 4) is 0 Å². The molecule has 27 heavy (non-hydrogen) atoms. The van der Waals surface area contributed by atoms with Crippen molar-refractivity contribution in [2.45, 2.75) is 6.42 Å². The summed E-state index contributed by atoms with van der Waals surface area (Å²) in [4.78, 5) is 18.4. The Kier molecular flexibility index (Phi) is 6.41. The maximum absolute atomic E-state index is 12.5. The van der Waals surface area contributed by atoms with E-state index in [9.17, 15) is 13.2 Å². The van der Waals surface area contributed by atoms with Gasteiger partial charge < -0.3 is 10.2 Å². The molecule has 144 valence electrons. The largest absolute Gasteiger partial charge is 0.354 e.